The number of Topliss-reactive ketones (excluding diaryl/α,β-unsaturated/α-hetero) is 1. The van der Waals surface area contributed by atoms with Gasteiger partial charge in [-0.15, -0.1) is 0 Å². The van der Waals surface area contributed by atoms with Crippen molar-refractivity contribution in [1.82, 2.24) is 4.57 Å². The number of anilines is 1. The second-order valence-electron chi connectivity index (χ2n) is 8.04. The lowest BCUT2D eigenvalue weighted by Gasteiger charge is -2.30. The van der Waals surface area contributed by atoms with Gasteiger partial charge in [0, 0.05) is 47.5 Å². The van der Waals surface area contributed by atoms with Crippen molar-refractivity contribution in [3.05, 3.63) is 82.7 Å². The van der Waals surface area contributed by atoms with Crippen LogP contribution in [0.25, 0.3) is 5.69 Å². The number of carbonyl (C=O) groups is 2. The molecule has 0 radical (unpaired) electrons. The number of carbonyl (C=O) groups excluding carboxylic acids is 1. The van der Waals surface area contributed by atoms with Crippen LogP contribution < -0.4 is 4.90 Å². The van der Waals surface area contributed by atoms with Crippen LogP contribution in [0.4, 0.5) is 5.69 Å². The summed E-state index contributed by atoms with van der Waals surface area (Å²) in [6.07, 6.45) is 1.73. The number of hydrogen-bond acceptors (Lipinski definition) is 5. The van der Waals surface area contributed by atoms with Crippen molar-refractivity contribution in [3.8, 4) is 5.69 Å². The molecule has 1 aliphatic rings. The zero-order chi connectivity index (χ0) is 23.4. The molecule has 0 atom stereocenters. The second kappa shape index (κ2) is 9.83. The van der Waals surface area contributed by atoms with E-state index in [9.17, 15) is 14.7 Å². The van der Waals surface area contributed by atoms with Crippen LogP contribution in [0.2, 0.25) is 0 Å². The molecule has 0 bridgehead atoms. The molecular weight excluding hydrogens is 418 g/mol. The molecule has 0 spiro atoms. The Morgan fingerprint density at radius 2 is 1.70 bits per heavy atom. The number of benzene rings is 2. The number of aromatic nitrogens is 1. The zero-order valence-electron chi connectivity index (χ0n) is 18.8. The molecule has 3 aromatic rings. The Bertz CT molecular complexity index is 1190. The van der Waals surface area contributed by atoms with Crippen molar-refractivity contribution in [2.45, 2.75) is 13.8 Å². The fourth-order valence-electron chi connectivity index (χ4n) is 4.13. The fraction of sp³-hybridized carbons (Fsp3) is 0.269. The number of nitrogens with zero attached hydrogens (tertiary/aromatic N) is 3. The lowest BCUT2D eigenvalue weighted by molar-refractivity contribution is 0.0696. The van der Waals surface area contributed by atoms with E-state index >= 15 is 0 Å². The first-order chi connectivity index (χ1) is 16.0. The average molecular weight is 446 g/mol. The van der Waals surface area contributed by atoms with Gasteiger partial charge in [-0.3, -0.25) is 9.79 Å². The standard InChI is InChI=1S/C26H27N3O4/c1-18-7-8-19(2)29(18)24-15-20(9-10-22(24)26(31)32)25(30)17-27-16-21-5-3-4-6-23(21)28-11-13-33-14-12-28/h3-10,15-16H,11-14,17H2,1-2H3,(H,31,32). The Morgan fingerprint density at radius 1 is 1.00 bits per heavy atom. The van der Waals surface area contributed by atoms with Crippen LogP contribution in [0, 0.1) is 13.8 Å². The Balaban J connectivity index is 1.56. The molecule has 1 aromatic heterocycles. The number of carboxylic acid groups (broad SMARTS) is 1. The molecule has 0 saturated carbocycles. The number of aromatic carboxylic acids is 1. The Labute approximate surface area is 192 Å². The van der Waals surface area contributed by atoms with Crippen LogP contribution in [0.5, 0.6) is 0 Å². The number of para-hydroxylation sites is 1. The summed E-state index contributed by atoms with van der Waals surface area (Å²) in [5.74, 6) is -1.20. The van der Waals surface area contributed by atoms with E-state index in [-0.39, 0.29) is 17.9 Å². The molecule has 4 rings (SSSR count). The minimum atomic E-state index is -1.03. The number of aryl methyl sites for hydroxylation is 2. The van der Waals surface area contributed by atoms with Gasteiger partial charge in [-0.05, 0) is 44.2 Å². The van der Waals surface area contributed by atoms with Gasteiger partial charge < -0.3 is 19.3 Å². The van der Waals surface area contributed by atoms with Crippen molar-refractivity contribution in [3.63, 3.8) is 0 Å². The number of hydrogen-bond donors (Lipinski definition) is 1. The van der Waals surface area contributed by atoms with Gasteiger partial charge in [0.05, 0.1) is 24.5 Å². The van der Waals surface area contributed by atoms with Crippen molar-refractivity contribution >= 4 is 23.7 Å². The molecule has 1 saturated heterocycles. The molecule has 1 aliphatic heterocycles. The van der Waals surface area contributed by atoms with E-state index in [2.05, 4.69) is 9.89 Å². The Morgan fingerprint density at radius 3 is 2.39 bits per heavy atom. The van der Waals surface area contributed by atoms with Crippen LogP contribution in [-0.2, 0) is 4.74 Å². The summed E-state index contributed by atoms with van der Waals surface area (Å²) in [4.78, 5) is 31.3. The number of rotatable bonds is 7. The van der Waals surface area contributed by atoms with Crippen LogP contribution >= 0.6 is 0 Å². The van der Waals surface area contributed by atoms with Gasteiger partial charge in [0.15, 0.2) is 5.78 Å². The third kappa shape index (κ3) is 4.88. The van der Waals surface area contributed by atoms with E-state index < -0.39 is 5.97 Å². The highest BCUT2D eigenvalue weighted by Crippen LogP contribution is 2.23. The number of morpholine rings is 1. The predicted molar refractivity (Wildman–Crippen MR) is 128 cm³/mol. The third-order valence-corrected chi connectivity index (χ3v) is 5.82. The van der Waals surface area contributed by atoms with Crippen molar-refractivity contribution < 1.29 is 19.4 Å². The zero-order valence-corrected chi connectivity index (χ0v) is 18.8. The number of aliphatic imine (C=N–C) groups is 1. The third-order valence-electron chi connectivity index (χ3n) is 5.82. The lowest BCUT2D eigenvalue weighted by Crippen LogP contribution is -2.36. The summed E-state index contributed by atoms with van der Waals surface area (Å²) < 4.78 is 7.29. The molecule has 0 aliphatic carbocycles. The van der Waals surface area contributed by atoms with E-state index in [4.69, 9.17) is 4.74 Å². The summed E-state index contributed by atoms with van der Waals surface area (Å²) in [6.45, 7) is 6.82. The lowest BCUT2D eigenvalue weighted by atomic mass is 10.0. The topological polar surface area (TPSA) is 84.1 Å². The first kappa shape index (κ1) is 22.5. The molecule has 0 amide bonds. The van der Waals surface area contributed by atoms with Gasteiger partial charge in [-0.1, -0.05) is 24.3 Å². The first-order valence-electron chi connectivity index (χ1n) is 10.9. The van der Waals surface area contributed by atoms with Gasteiger partial charge in [0.25, 0.3) is 0 Å². The normalized spacial score (nSPS) is 14.1. The first-order valence-corrected chi connectivity index (χ1v) is 10.9. The predicted octanol–water partition coefficient (Wildman–Crippen LogP) is 3.93. The van der Waals surface area contributed by atoms with Crippen LogP contribution in [0.15, 0.2) is 59.6 Å². The minimum absolute atomic E-state index is 0.0209. The smallest absolute Gasteiger partial charge is 0.337 e. The highest BCUT2D eigenvalue weighted by molar-refractivity contribution is 6.01. The summed E-state index contributed by atoms with van der Waals surface area (Å²) in [5, 5.41) is 9.64. The molecule has 1 N–H and O–H groups in total. The molecule has 2 heterocycles. The maximum absolute atomic E-state index is 12.9. The Hall–Kier alpha value is -3.71. The fourth-order valence-corrected chi connectivity index (χ4v) is 4.13. The summed E-state index contributed by atoms with van der Waals surface area (Å²) >= 11 is 0. The van der Waals surface area contributed by atoms with E-state index in [0.717, 1.165) is 35.7 Å². The van der Waals surface area contributed by atoms with E-state index in [1.54, 1.807) is 18.3 Å². The summed E-state index contributed by atoms with van der Waals surface area (Å²) in [5.41, 5.74) is 4.89. The highest BCUT2D eigenvalue weighted by Gasteiger charge is 2.18. The van der Waals surface area contributed by atoms with Crippen LogP contribution in [0.1, 0.15) is 37.7 Å². The maximum atomic E-state index is 12.9. The molecule has 1 fully saturated rings. The van der Waals surface area contributed by atoms with Crippen LogP contribution in [0.3, 0.4) is 0 Å². The number of ether oxygens (including phenoxy) is 1. The maximum Gasteiger partial charge on any atom is 0.337 e. The average Bonchev–Trinajstić information content (AvgIpc) is 3.17. The van der Waals surface area contributed by atoms with Gasteiger partial charge in [0.1, 0.15) is 6.54 Å². The van der Waals surface area contributed by atoms with Gasteiger partial charge >= 0.3 is 5.97 Å². The SMILES string of the molecule is Cc1ccc(C)n1-c1cc(C(=O)CN=Cc2ccccc2N2CCOCC2)ccc1C(=O)O. The van der Waals surface area contributed by atoms with Crippen molar-refractivity contribution in [1.29, 1.82) is 0 Å². The number of carboxylic acids is 1. The van der Waals surface area contributed by atoms with Gasteiger partial charge in [0.2, 0.25) is 0 Å². The van der Waals surface area contributed by atoms with E-state index in [0.29, 0.717) is 24.5 Å². The second-order valence-corrected chi connectivity index (χ2v) is 8.04. The molecular formula is C26H27N3O4. The van der Waals surface area contributed by atoms with E-state index in [1.807, 2.05) is 54.8 Å². The molecule has 0 unspecified atom stereocenters. The molecule has 7 heteroatoms. The van der Waals surface area contributed by atoms with Crippen LogP contribution in [-0.4, -0.2) is 60.5 Å². The molecule has 170 valence electrons. The monoisotopic (exact) mass is 445 g/mol. The minimum Gasteiger partial charge on any atom is -0.478 e. The van der Waals surface area contributed by atoms with Gasteiger partial charge in [-0.25, -0.2) is 4.79 Å². The van der Waals surface area contributed by atoms with Crippen molar-refractivity contribution in [2.75, 3.05) is 37.7 Å². The molecule has 2 aromatic carbocycles. The Kier molecular flexibility index (Phi) is 6.70. The largest absolute Gasteiger partial charge is 0.478 e. The summed E-state index contributed by atoms with van der Waals surface area (Å²) in [7, 11) is 0. The molecule has 33 heavy (non-hydrogen) atoms. The van der Waals surface area contributed by atoms with Crippen molar-refractivity contribution in [2.24, 2.45) is 4.99 Å². The highest BCUT2D eigenvalue weighted by atomic mass is 16.5. The molecule has 7 nitrogen and oxygen atoms in total. The summed E-state index contributed by atoms with van der Waals surface area (Å²) in [6, 6.07) is 16.5. The number of ketones is 1. The van der Waals surface area contributed by atoms with Gasteiger partial charge in [-0.2, -0.15) is 0 Å². The van der Waals surface area contributed by atoms with E-state index in [1.165, 1.54) is 6.07 Å². The quantitative estimate of drug-likeness (QED) is 0.440.